The molecule has 47 heavy (non-hydrogen) atoms. The van der Waals surface area contributed by atoms with Gasteiger partial charge in [-0.15, -0.1) is 0 Å². The van der Waals surface area contributed by atoms with E-state index in [0.717, 1.165) is 15.4 Å². The molecule has 0 spiro atoms. The first-order valence-corrected chi connectivity index (χ1v) is 16.0. The second kappa shape index (κ2) is 16.5. The van der Waals surface area contributed by atoms with E-state index in [-0.39, 0.29) is 26.4 Å². The van der Waals surface area contributed by atoms with Gasteiger partial charge in [-0.1, -0.05) is 29.8 Å². The number of halogens is 1. The van der Waals surface area contributed by atoms with Crippen molar-refractivity contribution in [1.29, 1.82) is 0 Å². The zero-order valence-corrected chi connectivity index (χ0v) is 29.3. The Morgan fingerprint density at radius 3 is 1.89 bits per heavy atom. The second-order valence-electron chi connectivity index (χ2n) is 11.8. The maximum absolute atomic E-state index is 11.5. The van der Waals surface area contributed by atoms with E-state index >= 15 is 0 Å². The highest BCUT2D eigenvalue weighted by Crippen LogP contribution is 2.28. The van der Waals surface area contributed by atoms with Gasteiger partial charge in [-0.2, -0.15) is 9.97 Å². The molecule has 3 N–H and O–H groups in total. The molecule has 0 radical (unpaired) electrons. The van der Waals surface area contributed by atoms with E-state index in [4.69, 9.17) is 24.1 Å². The second-order valence-corrected chi connectivity index (χ2v) is 12.7. The van der Waals surface area contributed by atoms with Gasteiger partial charge in [0, 0.05) is 23.0 Å². The van der Waals surface area contributed by atoms with Gasteiger partial charge in [-0.25, -0.2) is 19.6 Å². The van der Waals surface area contributed by atoms with Crippen molar-refractivity contribution in [2.75, 3.05) is 31.7 Å². The number of aliphatic carboxylic acids is 1. The Morgan fingerprint density at radius 2 is 1.36 bits per heavy atom. The Balaban J connectivity index is 0.000000256. The van der Waals surface area contributed by atoms with Gasteiger partial charge in [0.15, 0.2) is 0 Å². The van der Waals surface area contributed by atoms with Crippen molar-refractivity contribution in [3.63, 3.8) is 0 Å². The zero-order valence-electron chi connectivity index (χ0n) is 27.7. The fraction of sp³-hybridized carbons (Fsp3) is 0.455. The number of aliphatic hydroxyl groups excluding tert-OH is 1. The van der Waals surface area contributed by atoms with E-state index in [2.05, 4.69) is 41.2 Å². The first kappa shape index (κ1) is 37.2. The molecule has 0 aliphatic rings. The maximum atomic E-state index is 11.5. The summed E-state index contributed by atoms with van der Waals surface area (Å²) in [6.45, 7) is 12.7. The molecule has 13 nitrogen and oxygen atoms in total. The lowest BCUT2D eigenvalue weighted by molar-refractivity contribution is -0.141. The van der Waals surface area contributed by atoms with Gasteiger partial charge in [0.25, 0.3) is 0 Å². The number of carboxylic acids is 1. The number of ether oxygens (including phenoxy) is 4. The van der Waals surface area contributed by atoms with Crippen LogP contribution < -0.4 is 14.8 Å². The molecule has 0 saturated carbocycles. The van der Waals surface area contributed by atoms with E-state index in [9.17, 15) is 14.7 Å². The number of aromatic nitrogens is 4. The predicted molar refractivity (Wildman–Crippen MR) is 181 cm³/mol. The van der Waals surface area contributed by atoms with Crippen LogP contribution in [-0.4, -0.2) is 79.8 Å². The Bertz CT molecular complexity index is 1690. The summed E-state index contributed by atoms with van der Waals surface area (Å²) in [5, 5.41) is 22.6. The number of nitrogens with one attached hydrogen (secondary N) is 1. The number of hydrogen-bond acceptors (Lipinski definition) is 12. The van der Waals surface area contributed by atoms with Crippen molar-refractivity contribution in [3.8, 4) is 11.8 Å². The van der Waals surface area contributed by atoms with Gasteiger partial charge in [-0.3, -0.25) is 0 Å². The van der Waals surface area contributed by atoms with Crippen molar-refractivity contribution in [1.82, 2.24) is 19.9 Å². The standard InChI is InChI=1S/C17H21BrN2O4.C16H21N3O4/c1-5-14-19-13-7-6-11(18)10-12(13)15(20-14)22-8-9-23-16(21)24-17(2,3)4;1-4-13-17-12-6-5-10(19-16(2,3)15(21)22)9-11(12)14(18-13)23-8-7-20/h6-7,10H,5,8-9H2,1-4H3;5-6,9,19-20H,4,7-8H2,1-3H3,(H,21,22). The van der Waals surface area contributed by atoms with Crippen LogP contribution in [0, 0.1) is 0 Å². The highest BCUT2D eigenvalue weighted by atomic mass is 79.9. The summed E-state index contributed by atoms with van der Waals surface area (Å²) in [7, 11) is 0. The third-order valence-corrected chi connectivity index (χ3v) is 6.76. The first-order valence-electron chi connectivity index (χ1n) is 15.2. The lowest BCUT2D eigenvalue weighted by atomic mass is 10.1. The molecule has 0 saturated heterocycles. The summed E-state index contributed by atoms with van der Waals surface area (Å²) >= 11 is 3.43. The van der Waals surface area contributed by atoms with Crippen LogP contribution in [-0.2, 0) is 27.1 Å². The van der Waals surface area contributed by atoms with E-state index < -0.39 is 23.3 Å². The topological polar surface area (TPSA) is 175 Å². The molecule has 14 heteroatoms. The summed E-state index contributed by atoms with van der Waals surface area (Å²) in [5.41, 5.74) is 0.468. The molecule has 4 rings (SSSR count). The normalized spacial score (nSPS) is 11.4. The van der Waals surface area contributed by atoms with Crippen LogP contribution >= 0.6 is 15.9 Å². The summed E-state index contributed by atoms with van der Waals surface area (Å²) < 4.78 is 22.2. The highest BCUT2D eigenvalue weighted by molar-refractivity contribution is 9.10. The monoisotopic (exact) mass is 715 g/mol. The molecular weight excluding hydrogens is 674 g/mol. The molecule has 2 heterocycles. The molecule has 2 aromatic carbocycles. The molecule has 0 aliphatic carbocycles. The molecule has 4 aromatic rings. The van der Waals surface area contributed by atoms with Gasteiger partial charge >= 0.3 is 12.1 Å². The number of benzene rings is 2. The molecule has 0 aliphatic heterocycles. The van der Waals surface area contributed by atoms with Crippen LogP contribution in [0.3, 0.4) is 0 Å². The van der Waals surface area contributed by atoms with Gasteiger partial charge in [-0.05, 0) is 71.0 Å². The maximum Gasteiger partial charge on any atom is 0.508 e. The van der Waals surface area contributed by atoms with E-state index in [1.54, 1.807) is 52.8 Å². The third-order valence-electron chi connectivity index (χ3n) is 6.26. The largest absolute Gasteiger partial charge is 0.508 e. The lowest BCUT2D eigenvalue weighted by Crippen LogP contribution is -2.39. The zero-order chi connectivity index (χ0) is 34.8. The Kier molecular flexibility index (Phi) is 13.0. The Labute approximate surface area is 282 Å². The predicted octanol–water partition coefficient (Wildman–Crippen LogP) is 6.12. The Hall–Kier alpha value is -4.30. The SMILES string of the molecule is CCc1nc(OCCO)c2cc(NC(C)(C)C(=O)O)ccc2n1.CCc1nc(OCCOC(=O)OC(C)(C)C)c2cc(Br)ccc2n1. The fourth-order valence-corrected chi connectivity index (χ4v) is 4.34. The van der Waals surface area contributed by atoms with Crippen molar-refractivity contribution >= 4 is 55.5 Å². The Morgan fingerprint density at radius 1 is 0.809 bits per heavy atom. The van der Waals surface area contributed by atoms with Crippen LogP contribution in [0.5, 0.6) is 11.8 Å². The minimum Gasteiger partial charge on any atom is -0.480 e. The molecule has 0 bridgehead atoms. The van der Waals surface area contributed by atoms with Gasteiger partial charge in [0.05, 0.1) is 28.4 Å². The van der Waals surface area contributed by atoms with Crippen molar-refractivity contribution in [3.05, 3.63) is 52.5 Å². The average molecular weight is 717 g/mol. The first-order chi connectivity index (χ1) is 22.1. The third kappa shape index (κ3) is 11.2. The van der Waals surface area contributed by atoms with Crippen molar-refractivity contribution < 1.29 is 38.7 Å². The van der Waals surface area contributed by atoms with E-state index in [1.165, 1.54) is 0 Å². The lowest BCUT2D eigenvalue weighted by Gasteiger charge is -2.22. The fourth-order valence-electron chi connectivity index (χ4n) is 3.98. The summed E-state index contributed by atoms with van der Waals surface area (Å²) in [4.78, 5) is 40.4. The molecule has 0 fully saturated rings. The number of hydrogen-bond donors (Lipinski definition) is 3. The van der Waals surface area contributed by atoms with E-state index in [0.29, 0.717) is 52.8 Å². The number of fused-ring (bicyclic) bond motifs is 2. The van der Waals surface area contributed by atoms with Crippen LogP contribution in [0.1, 0.15) is 60.1 Å². The van der Waals surface area contributed by atoms with Crippen LogP contribution in [0.15, 0.2) is 40.9 Å². The number of carbonyl (C=O) groups is 2. The summed E-state index contributed by atoms with van der Waals surface area (Å²) in [6.07, 6.45) is 0.657. The number of rotatable bonds is 12. The van der Waals surface area contributed by atoms with E-state index in [1.807, 2.05) is 32.0 Å². The quantitative estimate of drug-likeness (QED) is 0.113. The van der Waals surface area contributed by atoms with Gasteiger partial charge < -0.3 is 34.5 Å². The number of carboxylic acid groups (broad SMARTS) is 1. The van der Waals surface area contributed by atoms with Crippen LogP contribution in [0.4, 0.5) is 10.5 Å². The number of aryl methyl sites for hydroxylation is 2. The van der Waals surface area contributed by atoms with Crippen LogP contribution in [0.25, 0.3) is 21.8 Å². The number of aliphatic hydroxyl groups is 1. The molecule has 2 aromatic heterocycles. The highest BCUT2D eigenvalue weighted by Gasteiger charge is 2.27. The summed E-state index contributed by atoms with van der Waals surface area (Å²) in [6, 6.07) is 11.1. The number of carbonyl (C=O) groups excluding carboxylic acids is 1. The van der Waals surface area contributed by atoms with Crippen molar-refractivity contribution in [2.45, 2.75) is 72.4 Å². The molecular formula is C33H42BrN5O8. The van der Waals surface area contributed by atoms with Crippen molar-refractivity contribution in [2.24, 2.45) is 0 Å². The molecule has 0 amide bonds. The van der Waals surface area contributed by atoms with Crippen LogP contribution in [0.2, 0.25) is 0 Å². The van der Waals surface area contributed by atoms with Gasteiger partial charge in [0.1, 0.15) is 42.6 Å². The minimum atomic E-state index is -1.11. The average Bonchev–Trinajstić information content (AvgIpc) is 3.01. The summed E-state index contributed by atoms with van der Waals surface area (Å²) in [5.74, 6) is 1.26. The molecule has 0 atom stereocenters. The van der Waals surface area contributed by atoms with Gasteiger partial charge in [0.2, 0.25) is 11.8 Å². The molecule has 254 valence electrons. The number of anilines is 1. The minimum absolute atomic E-state index is 0.0792. The number of nitrogens with zero attached hydrogens (tertiary/aromatic N) is 4. The smallest absolute Gasteiger partial charge is 0.480 e. The molecule has 0 unspecified atom stereocenters.